The molecule has 0 bridgehead atoms. The molecule has 0 spiro atoms. The van der Waals surface area contributed by atoms with E-state index in [9.17, 15) is 8.42 Å². The van der Waals surface area contributed by atoms with Gasteiger partial charge in [-0.15, -0.1) is 0 Å². The number of aryl methyl sites for hydroxylation is 1. The van der Waals surface area contributed by atoms with Crippen LogP contribution in [0.25, 0.3) is 5.69 Å². The molecule has 0 saturated carbocycles. The van der Waals surface area contributed by atoms with Crippen LogP contribution in [0.2, 0.25) is 0 Å². The molecule has 0 fully saturated rings. The number of nitrogens with one attached hydrogen (secondary N) is 1. The van der Waals surface area contributed by atoms with Crippen molar-refractivity contribution in [3.63, 3.8) is 0 Å². The molecule has 22 heavy (non-hydrogen) atoms. The number of rotatable bonds is 4. The Bertz CT molecular complexity index is 885. The first kappa shape index (κ1) is 14.4. The van der Waals surface area contributed by atoms with Gasteiger partial charge in [0.15, 0.2) is 0 Å². The maximum absolute atomic E-state index is 12.6. The number of nitrogens with zero attached hydrogens (tertiary/aromatic N) is 1. The molecule has 112 valence electrons. The van der Waals surface area contributed by atoms with Crippen LogP contribution < -0.4 is 4.72 Å². The summed E-state index contributed by atoms with van der Waals surface area (Å²) in [6.07, 6.45) is 3.75. The third-order valence-electron chi connectivity index (χ3n) is 3.33. The minimum Gasteiger partial charge on any atom is -0.322 e. The summed E-state index contributed by atoms with van der Waals surface area (Å²) in [7, 11) is -3.61. The Morgan fingerprint density at radius 1 is 0.909 bits per heavy atom. The van der Waals surface area contributed by atoms with Crippen LogP contribution in [0.3, 0.4) is 0 Å². The number of benzene rings is 2. The Balaban J connectivity index is 2.00. The molecule has 0 amide bonds. The van der Waals surface area contributed by atoms with Crippen molar-refractivity contribution in [2.45, 2.75) is 11.8 Å². The molecule has 1 aromatic heterocycles. The van der Waals surface area contributed by atoms with Crippen LogP contribution in [0.4, 0.5) is 5.69 Å². The van der Waals surface area contributed by atoms with Gasteiger partial charge < -0.3 is 4.57 Å². The number of hydrogen-bond acceptors (Lipinski definition) is 2. The van der Waals surface area contributed by atoms with Gasteiger partial charge in [0.2, 0.25) is 0 Å². The molecule has 0 radical (unpaired) electrons. The Hall–Kier alpha value is -2.53. The van der Waals surface area contributed by atoms with Crippen LogP contribution in [0.5, 0.6) is 0 Å². The third-order valence-corrected chi connectivity index (χ3v) is 4.69. The predicted octanol–water partition coefficient (Wildman–Crippen LogP) is 3.59. The minimum atomic E-state index is -3.61. The Labute approximate surface area is 130 Å². The average molecular weight is 312 g/mol. The number of hydrogen-bond donors (Lipinski definition) is 1. The quantitative estimate of drug-likeness (QED) is 0.800. The van der Waals surface area contributed by atoms with E-state index in [2.05, 4.69) is 4.72 Å². The molecule has 3 rings (SSSR count). The van der Waals surface area contributed by atoms with Gasteiger partial charge in [0.05, 0.1) is 16.3 Å². The lowest BCUT2D eigenvalue weighted by Crippen LogP contribution is -2.14. The van der Waals surface area contributed by atoms with Gasteiger partial charge in [-0.1, -0.05) is 24.3 Å². The van der Waals surface area contributed by atoms with Gasteiger partial charge in [-0.2, -0.15) is 0 Å². The highest BCUT2D eigenvalue weighted by molar-refractivity contribution is 7.92. The summed E-state index contributed by atoms with van der Waals surface area (Å²) < 4.78 is 29.6. The molecule has 2 aromatic carbocycles. The van der Waals surface area contributed by atoms with Crippen LogP contribution >= 0.6 is 0 Å². The van der Waals surface area contributed by atoms with Gasteiger partial charge in [-0.25, -0.2) is 8.42 Å². The minimum absolute atomic E-state index is 0.259. The van der Waals surface area contributed by atoms with Crippen LogP contribution in [0.1, 0.15) is 5.56 Å². The highest BCUT2D eigenvalue weighted by Crippen LogP contribution is 2.23. The lowest BCUT2D eigenvalue weighted by molar-refractivity contribution is 0.601. The monoisotopic (exact) mass is 312 g/mol. The third kappa shape index (κ3) is 2.89. The Kier molecular flexibility index (Phi) is 3.73. The lowest BCUT2D eigenvalue weighted by atomic mass is 10.2. The fourth-order valence-corrected chi connectivity index (χ4v) is 3.45. The summed E-state index contributed by atoms with van der Waals surface area (Å²) in [5.74, 6) is 0. The van der Waals surface area contributed by atoms with Gasteiger partial charge in [-0.3, -0.25) is 4.72 Å². The lowest BCUT2D eigenvalue weighted by Gasteiger charge is -2.13. The van der Waals surface area contributed by atoms with E-state index >= 15 is 0 Å². The van der Waals surface area contributed by atoms with E-state index < -0.39 is 10.0 Å². The molecule has 0 aliphatic carbocycles. The van der Waals surface area contributed by atoms with Crippen molar-refractivity contribution < 1.29 is 8.42 Å². The van der Waals surface area contributed by atoms with Crippen molar-refractivity contribution in [1.29, 1.82) is 0 Å². The van der Waals surface area contributed by atoms with Crippen molar-refractivity contribution in [2.75, 3.05) is 4.72 Å². The van der Waals surface area contributed by atoms with Crippen molar-refractivity contribution in [1.82, 2.24) is 4.57 Å². The summed E-state index contributed by atoms with van der Waals surface area (Å²) in [6.45, 7) is 1.87. The fraction of sp³-hybridized carbons (Fsp3) is 0.0588. The van der Waals surface area contributed by atoms with Crippen molar-refractivity contribution in [3.05, 3.63) is 78.6 Å². The predicted molar refractivity (Wildman–Crippen MR) is 87.8 cm³/mol. The maximum Gasteiger partial charge on any atom is 0.261 e. The van der Waals surface area contributed by atoms with E-state index in [1.54, 1.807) is 30.3 Å². The van der Waals surface area contributed by atoms with Gasteiger partial charge in [0.1, 0.15) is 0 Å². The highest BCUT2D eigenvalue weighted by Gasteiger charge is 2.16. The molecule has 0 unspecified atom stereocenters. The van der Waals surface area contributed by atoms with E-state index in [0.29, 0.717) is 5.69 Å². The number of anilines is 1. The van der Waals surface area contributed by atoms with Crippen molar-refractivity contribution in [2.24, 2.45) is 0 Å². The van der Waals surface area contributed by atoms with Crippen molar-refractivity contribution in [3.8, 4) is 5.69 Å². The molecule has 5 heteroatoms. The molecule has 3 aromatic rings. The van der Waals surface area contributed by atoms with Crippen LogP contribution in [0, 0.1) is 6.92 Å². The summed E-state index contributed by atoms with van der Waals surface area (Å²) >= 11 is 0. The summed E-state index contributed by atoms with van der Waals surface area (Å²) in [5, 5.41) is 0. The standard InChI is InChI=1S/C17H16N2O2S/c1-14-7-6-8-15(13-14)22(20,21)18-16-9-2-3-10-17(16)19-11-4-5-12-19/h2-13,18H,1H3. The molecule has 1 N–H and O–H groups in total. The molecule has 0 atom stereocenters. The van der Waals surface area contributed by atoms with E-state index in [1.807, 2.05) is 54.2 Å². The zero-order valence-corrected chi connectivity index (χ0v) is 12.9. The second-order valence-corrected chi connectivity index (χ2v) is 6.71. The van der Waals surface area contributed by atoms with E-state index in [-0.39, 0.29) is 4.90 Å². The van der Waals surface area contributed by atoms with Crippen molar-refractivity contribution >= 4 is 15.7 Å². The Morgan fingerprint density at radius 3 is 2.36 bits per heavy atom. The second kappa shape index (κ2) is 5.69. The van der Waals surface area contributed by atoms with E-state index in [0.717, 1.165) is 11.3 Å². The Morgan fingerprint density at radius 2 is 1.64 bits per heavy atom. The first-order chi connectivity index (χ1) is 10.6. The van der Waals surface area contributed by atoms with Crippen LogP contribution in [-0.2, 0) is 10.0 Å². The van der Waals surface area contributed by atoms with Gasteiger partial charge >= 0.3 is 0 Å². The van der Waals surface area contributed by atoms with E-state index in [4.69, 9.17) is 0 Å². The average Bonchev–Trinajstić information content (AvgIpc) is 3.01. The zero-order chi connectivity index (χ0) is 15.6. The summed E-state index contributed by atoms with van der Waals surface area (Å²) in [4.78, 5) is 0.259. The molecule has 4 nitrogen and oxygen atoms in total. The van der Waals surface area contributed by atoms with Gasteiger partial charge in [0, 0.05) is 12.4 Å². The topological polar surface area (TPSA) is 51.1 Å². The molecule has 1 heterocycles. The summed E-state index contributed by atoms with van der Waals surface area (Å²) in [5.41, 5.74) is 2.23. The molecular weight excluding hydrogens is 296 g/mol. The molecule has 0 saturated heterocycles. The zero-order valence-electron chi connectivity index (χ0n) is 12.1. The first-order valence-corrected chi connectivity index (χ1v) is 8.36. The van der Waals surface area contributed by atoms with E-state index in [1.165, 1.54) is 0 Å². The summed E-state index contributed by atoms with van der Waals surface area (Å²) in [6, 6.07) is 17.9. The van der Waals surface area contributed by atoms with Gasteiger partial charge in [0.25, 0.3) is 10.0 Å². The number of aromatic nitrogens is 1. The van der Waals surface area contributed by atoms with Crippen LogP contribution in [-0.4, -0.2) is 13.0 Å². The maximum atomic E-state index is 12.6. The number of para-hydroxylation sites is 2. The number of sulfonamides is 1. The van der Waals surface area contributed by atoms with Crippen LogP contribution in [0.15, 0.2) is 78.0 Å². The molecular formula is C17H16N2O2S. The molecule has 0 aliphatic rings. The second-order valence-electron chi connectivity index (χ2n) is 5.03. The molecule has 0 aliphatic heterocycles. The smallest absolute Gasteiger partial charge is 0.261 e. The first-order valence-electron chi connectivity index (χ1n) is 6.88. The normalized spacial score (nSPS) is 11.3. The highest BCUT2D eigenvalue weighted by atomic mass is 32.2. The SMILES string of the molecule is Cc1cccc(S(=O)(=O)Nc2ccccc2-n2cccc2)c1. The van der Waals surface area contributed by atoms with Gasteiger partial charge in [-0.05, 0) is 48.9 Å². The largest absolute Gasteiger partial charge is 0.322 e. The fourth-order valence-electron chi connectivity index (χ4n) is 2.27.